The number of piperazine rings is 1. The Bertz CT molecular complexity index is 1490. The third-order valence-electron chi connectivity index (χ3n) is 7.92. The van der Waals surface area contributed by atoms with Gasteiger partial charge in [0.1, 0.15) is 17.2 Å². The van der Waals surface area contributed by atoms with Gasteiger partial charge in [-0.3, -0.25) is 9.88 Å². The summed E-state index contributed by atoms with van der Waals surface area (Å²) in [5.41, 5.74) is -0.519. The molecule has 2 atom stereocenters. The number of hydrogen-bond acceptors (Lipinski definition) is 9. The number of nitrogens with one attached hydrogen (secondary N) is 1. The van der Waals surface area contributed by atoms with Gasteiger partial charge in [0.05, 0.1) is 35.9 Å². The smallest absolute Gasteiger partial charge is 0.416 e. The maximum absolute atomic E-state index is 14.3. The highest BCUT2D eigenvalue weighted by atomic mass is 32.1. The number of nitrogens with zero attached hydrogens (tertiary/aromatic N) is 6. The van der Waals surface area contributed by atoms with Gasteiger partial charge in [0.2, 0.25) is 0 Å². The summed E-state index contributed by atoms with van der Waals surface area (Å²) >= 11 is 1.35. The second kappa shape index (κ2) is 13.1. The number of ether oxygens (including phenoxy) is 1. The van der Waals surface area contributed by atoms with E-state index in [1.807, 2.05) is 27.7 Å². The normalized spacial score (nSPS) is 19.7. The monoisotopic (exact) mass is 649 g/mol. The zero-order valence-corrected chi connectivity index (χ0v) is 26.9. The molecule has 14 heteroatoms. The first-order chi connectivity index (χ1) is 21.2. The minimum absolute atomic E-state index is 0.00992. The Kier molecular flexibility index (Phi) is 9.54. The lowest BCUT2D eigenvalue weighted by molar-refractivity contribution is -0.137. The fraction of sp³-hybridized carbons (Fsp3) is 0.548. The van der Waals surface area contributed by atoms with Crippen LogP contribution in [0.4, 0.5) is 33.3 Å². The van der Waals surface area contributed by atoms with Crippen LogP contribution in [-0.4, -0.2) is 74.7 Å². The number of alkyl halides is 3. The molecule has 3 aromatic rings. The van der Waals surface area contributed by atoms with Crippen molar-refractivity contribution in [1.82, 2.24) is 24.8 Å². The van der Waals surface area contributed by atoms with E-state index in [9.17, 15) is 22.4 Å². The summed E-state index contributed by atoms with van der Waals surface area (Å²) in [6.45, 7) is 13.0. The quantitative estimate of drug-likeness (QED) is 0.280. The van der Waals surface area contributed by atoms with Crippen LogP contribution in [0.25, 0.3) is 11.3 Å². The zero-order valence-electron chi connectivity index (χ0n) is 26.1. The predicted molar refractivity (Wildman–Crippen MR) is 166 cm³/mol. The van der Waals surface area contributed by atoms with Crippen molar-refractivity contribution in [2.75, 3.05) is 36.4 Å². The van der Waals surface area contributed by atoms with E-state index < -0.39 is 23.2 Å². The highest BCUT2D eigenvalue weighted by Crippen LogP contribution is 2.38. The Balaban J connectivity index is 1.28. The molecule has 0 spiro atoms. The molecule has 0 bridgehead atoms. The number of rotatable bonds is 7. The van der Waals surface area contributed by atoms with Crippen molar-refractivity contribution in [2.45, 2.75) is 84.4 Å². The molecule has 2 fully saturated rings. The summed E-state index contributed by atoms with van der Waals surface area (Å²) in [5, 5.41) is 3.73. The van der Waals surface area contributed by atoms with Crippen molar-refractivity contribution in [3.05, 3.63) is 52.5 Å². The summed E-state index contributed by atoms with van der Waals surface area (Å²) in [5.74, 6) is -0.265. The average Bonchev–Trinajstić information content (AvgIpc) is 3.56. The molecule has 0 saturated carbocycles. The number of thiazole rings is 1. The number of hydrogen-bond donors (Lipinski definition) is 1. The van der Waals surface area contributed by atoms with Gasteiger partial charge >= 0.3 is 12.3 Å². The van der Waals surface area contributed by atoms with Crippen LogP contribution in [0.5, 0.6) is 0 Å². The van der Waals surface area contributed by atoms with Gasteiger partial charge in [-0.15, -0.1) is 11.3 Å². The number of amides is 1. The summed E-state index contributed by atoms with van der Waals surface area (Å²) in [4.78, 5) is 33.1. The van der Waals surface area contributed by atoms with Crippen LogP contribution in [0.1, 0.15) is 63.6 Å². The van der Waals surface area contributed by atoms with Crippen LogP contribution in [0.3, 0.4) is 0 Å². The standard InChI is InChI=1S/C31H39F4N7O2S/c1-19-7-6-8-40(19)18-25-27(21-11-22(31(33,34)35)13-23(32)12-21)39-28(45-25)38-15-24-14-37-26(16-36-24)42-10-9-41(17-20(42)2)29(43)44-30(3,4)5/h11-14,16,19-20H,6-10,15,17-18H2,1-5H3,(H,38,39)/t19-,20+/m1/s1. The van der Waals surface area contributed by atoms with E-state index in [1.54, 1.807) is 17.3 Å². The number of likely N-dealkylation sites (tertiary alicyclic amines) is 1. The first kappa shape index (κ1) is 32.9. The maximum atomic E-state index is 14.3. The molecular formula is C31H39F4N7O2S. The van der Waals surface area contributed by atoms with Crippen LogP contribution in [-0.2, 0) is 24.0 Å². The van der Waals surface area contributed by atoms with Crippen molar-refractivity contribution in [1.29, 1.82) is 0 Å². The van der Waals surface area contributed by atoms with Gasteiger partial charge in [-0.05, 0) is 72.2 Å². The van der Waals surface area contributed by atoms with Gasteiger partial charge in [0, 0.05) is 48.7 Å². The molecule has 5 rings (SSSR count). The average molecular weight is 650 g/mol. The number of halogens is 4. The van der Waals surface area contributed by atoms with E-state index in [2.05, 4.69) is 37.0 Å². The van der Waals surface area contributed by atoms with Crippen molar-refractivity contribution in [2.24, 2.45) is 0 Å². The molecule has 2 aliphatic heterocycles. The fourth-order valence-corrected chi connectivity index (χ4v) is 6.61. The van der Waals surface area contributed by atoms with Crippen molar-refractivity contribution in [3.63, 3.8) is 0 Å². The molecule has 2 saturated heterocycles. The lowest BCUT2D eigenvalue weighted by Gasteiger charge is -2.40. The number of benzene rings is 1. The highest BCUT2D eigenvalue weighted by Gasteiger charge is 2.33. The van der Waals surface area contributed by atoms with E-state index in [1.165, 1.54) is 11.3 Å². The summed E-state index contributed by atoms with van der Waals surface area (Å²) in [7, 11) is 0. The van der Waals surface area contributed by atoms with Crippen LogP contribution in [0, 0.1) is 5.82 Å². The summed E-state index contributed by atoms with van der Waals surface area (Å²) < 4.78 is 60.3. The Hall–Kier alpha value is -3.52. The Morgan fingerprint density at radius 2 is 1.84 bits per heavy atom. The SMILES string of the molecule is C[C@@H]1CCCN1Cc1sc(NCc2cnc(N3CCN(C(=O)OC(C)(C)C)C[C@@H]3C)cn2)nc1-c1cc(F)cc(C(F)(F)F)c1. The fourth-order valence-electron chi connectivity index (χ4n) is 5.61. The predicted octanol–water partition coefficient (Wildman–Crippen LogP) is 6.80. The maximum Gasteiger partial charge on any atom is 0.416 e. The second-order valence-corrected chi connectivity index (χ2v) is 13.8. The van der Waals surface area contributed by atoms with Crippen molar-refractivity contribution in [3.8, 4) is 11.3 Å². The summed E-state index contributed by atoms with van der Waals surface area (Å²) in [6.07, 6.45) is 0.443. The molecule has 2 aromatic heterocycles. The lowest BCUT2D eigenvalue weighted by Crippen LogP contribution is -2.54. The van der Waals surface area contributed by atoms with Gasteiger partial charge in [0.15, 0.2) is 5.13 Å². The molecule has 0 radical (unpaired) electrons. The third-order valence-corrected chi connectivity index (χ3v) is 8.92. The molecule has 0 unspecified atom stereocenters. The van der Waals surface area contributed by atoms with Crippen molar-refractivity contribution >= 4 is 28.4 Å². The van der Waals surface area contributed by atoms with E-state index >= 15 is 0 Å². The van der Waals surface area contributed by atoms with Crippen molar-refractivity contribution < 1.29 is 27.1 Å². The van der Waals surface area contributed by atoms with Gasteiger partial charge in [-0.2, -0.15) is 13.2 Å². The highest BCUT2D eigenvalue weighted by molar-refractivity contribution is 7.16. The number of carbonyl (C=O) groups is 1. The molecule has 4 heterocycles. The molecule has 45 heavy (non-hydrogen) atoms. The van der Waals surface area contributed by atoms with Gasteiger partial charge in [0.25, 0.3) is 0 Å². The third kappa shape index (κ3) is 8.20. The first-order valence-electron chi connectivity index (χ1n) is 15.1. The topological polar surface area (TPSA) is 86.7 Å². The Labute approximate surface area is 264 Å². The largest absolute Gasteiger partial charge is 0.444 e. The minimum atomic E-state index is -4.67. The molecule has 1 aromatic carbocycles. The van der Waals surface area contributed by atoms with Crippen LogP contribution in [0.2, 0.25) is 0 Å². The lowest BCUT2D eigenvalue weighted by atomic mass is 10.1. The molecule has 2 aliphatic rings. The van der Waals surface area contributed by atoms with E-state index in [-0.39, 0.29) is 17.7 Å². The molecule has 9 nitrogen and oxygen atoms in total. The van der Waals surface area contributed by atoms with Gasteiger partial charge in [-0.25, -0.2) is 19.2 Å². The molecule has 244 valence electrons. The molecular weight excluding hydrogens is 610 g/mol. The molecule has 1 amide bonds. The zero-order chi connectivity index (χ0) is 32.5. The van der Waals surface area contributed by atoms with E-state index in [0.29, 0.717) is 67.2 Å². The van der Waals surface area contributed by atoms with Gasteiger partial charge < -0.3 is 19.9 Å². The first-order valence-corrected chi connectivity index (χ1v) is 15.9. The molecule has 1 N–H and O–H groups in total. The van der Waals surface area contributed by atoms with Gasteiger partial charge in [-0.1, -0.05) is 0 Å². The summed E-state index contributed by atoms with van der Waals surface area (Å²) in [6, 6.07) is 2.91. The van der Waals surface area contributed by atoms with E-state index in [4.69, 9.17) is 4.74 Å². The van der Waals surface area contributed by atoms with E-state index in [0.717, 1.165) is 36.4 Å². The Morgan fingerprint density at radius 3 is 2.47 bits per heavy atom. The Morgan fingerprint density at radius 1 is 1.07 bits per heavy atom. The second-order valence-electron chi connectivity index (χ2n) is 12.7. The molecule has 0 aliphatic carbocycles. The van der Waals surface area contributed by atoms with Crippen LogP contribution < -0.4 is 10.2 Å². The van der Waals surface area contributed by atoms with Crippen LogP contribution in [0.15, 0.2) is 30.6 Å². The van der Waals surface area contributed by atoms with Crippen LogP contribution >= 0.6 is 11.3 Å². The number of anilines is 2. The minimum Gasteiger partial charge on any atom is -0.444 e. The number of carbonyl (C=O) groups excluding carboxylic acids is 1. The number of aromatic nitrogens is 3.